The quantitative estimate of drug-likeness (QED) is 0.865. The van der Waals surface area contributed by atoms with Gasteiger partial charge in [0.1, 0.15) is 5.82 Å². The van der Waals surface area contributed by atoms with Crippen LogP contribution in [0, 0.1) is 5.82 Å². The standard InChI is InChI=1S/C17H28FN3/c1-14(7-8-15-5-4-6-16(18)11-15)19-12-17-13-20(2)9-10-21(17)3/h4-6,11,14,17,19H,7-10,12-13H2,1-3H3. The summed E-state index contributed by atoms with van der Waals surface area (Å²) in [6.07, 6.45) is 1.96. The molecule has 1 aliphatic heterocycles. The SMILES string of the molecule is CC(CCc1cccc(F)c1)NCC1CN(C)CCN1C. The molecule has 1 N–H and O–H groups in total. The zero-order valence-electron chi connectivity index (χ0n) is 13.5. The monoisotopic (exact) mass is 293 g/mol. The van der Waals surface area contributed by atoms with Crippen molar-refractivity contribution in [2.45, 2.75) is 31.8 Å². The van der Waals surface area contributed by atoms with Crippen molar-refractivity contribution in [3.63, 3.8) is 0 Å². The number of hydrogen-bond donors (Lipinski definition) is 1. The minimum Gasteiger partial charge on any atom is -0.313 e. The maximum absolute atomic E-state index is 13.1. The van der Waals surface area contributed by atoms with E-state index in [1.807, 2.05) is 6.07 Å². The maximum Gasteiger partial charge on any atom is 0.123 e. The Labute approximate surface area is 128 Å². The smallest absolute Gasteiger partial charge is 0.123 e. The van der Waals surface area contributed by atoms with E-state index in [-0.39, 0.29) is 5.82 Å². The molecule has 21 heavy (non-hydrogen) atoms. The Balaban J connectivity index is 1.70. The fourth-order valence-corrected chi connectivity index (χ4v) is 2.84. The molecule has 1 aliphatic rings. The van der Waals surface area contributed by atoms with Crippen molar-refractivity contribution >= 4 is 0 Å². The first-order valence-electron chi connectivity index (χ1n) is 7.91. The number of aryl methyl sites for hydroxylation is 1. The van der Waals surface area contributed by atoms with Crippen LogP contribution in [0.1, 0.15) is 18.9 Å². The summed E-state index contributed by atoms with van der Waals surface area (Å²) in [7, 11) is 4.39. The normalized spacial score (nSPS) is 22.4. The van der Waals surface area contributed by atoms with Crippen LogP contribution in [0.4, 0.5) is 4.39 Å². The zero-order chi connectivity index (χ0) is 15.2. The predicted octanol–water partition coefficient (Wildman–Crippen LogP) is 1.98. The number of hydrogen-bond acceptors (Lipinski definition) is 3. The average Bonchev–Trinajstić information content (AvgIpc) is 2.46. The first-order valence-corrected chi connectivity index (χ1v) is 7.91. The average molecular weight is 293 g/mol. The van der Waals surface area contributed by atoms with Crippen molar-refractivity contribution in [3.8, 4) is 0 Å². The minimum absolute atomic E-state index is 0.139. The van der Waals surface area contributed by atoms with Crippen LogP contribution in [-0.2, 0) is 6.42 Å². The molecule has 1 saturated heterocycles. The largest absolute Gasteiger partial charge is 0.313 e. The van der Waals surface area contributed by atoms with E-state index >= 15 is 0 Å². The van der Waals surface area contributed by atoms with Crippen LogP contribution >= 0.6 is 0 Å². The molecule has 0 aromatic heterocycles. The molecule has 0 radical (unpaired) electrons. The molecule has 1 aromatic carbocycles. The summed E-state index contributed by atoms with van der Waals surface area (Å²) in [5.41, 5.74) is 1.08. The lowest BCUT2D eigenvalue weighted by molar-refractivity contribution is 0.111. The van der Waals surface area contributed by atoms with Gasteiger partial charge in [-0.15, -0.1) is 0 Å². The highest BCUT2D eigenvalue weighted by atomic mass is 19.1. The Bertz CT molecular complexity index is 438. The summed E-state index contributed by atoms with van der Waals surface area (Å²) in [5.74, 6) is -0.139. The summed E-state index contributed by atoms with van der Waals surface area (Å²) in [4.78, 5) is 4.83. The van der Waals surface area contributed by atoms with Crippen LogP contribution in [0.3, 0.4) is 0 Å². The number of piperazine rings is 1. The lowest BCUT2D eigenvalue weighted by atomic mass is 10.1. The van der Waals surface area contributed by atoms with E-state index in [4.69, 9.17) is 0 Å². The van der Waals surface area contributed by atoms with Crippen LogP contribution in [0.5, 0.6) is 0 Å². The predicted molar refractivity (Wildman–Crippen MR) is 86.1 cm³/mol. The highest BCUT2D eigenvalue weighted by Crippen LogP contribution is 2.09. The van der Waals surface area contributed by atoms with E-state index in [0.29, 0.717) is 12.1 Å². The molecule has 118 valence electrons. The molecule has 0 amide bonds. The second-order valence-corrected chi connectivity index (χ2v) is 6.37. The van der Waals surface area contributed by atoms with Gasteiger partial charge in [0.15, 0.2) is 0 Å². The molecule has 1 fully saturated rings. The van der Waals surface area contributed by atoms with E-state index in [1.54, 1.807) is 12.1 Å². The van der Waals surface area contributed by atoms with Gasteiger partial charge in [0.05, 0.1) is 0 Å². The number of benzene rings is 1. The summed E-state index contributed by atoms with van der Waals surface area (Å²) in [5, 5.41) is 3.63. The van der Waals surface area contributed by atoms with Crippen molar-refractivity contribution in [2.75, 3.05) is 40.3 Å². The summed E-state index contributed by atoms with van der Waals surface area (Å²) >= 11 is 0. The van der Waals surface area contributed by atoms with E-state index in [2.05, 4.69) is 36.1 Å². The van der Waals surface area contributed by atoms with Crippen molar-refractivity contribution < 1.29 is 4.39 Å². The molecule has 0 spiro atoms. The van der Waals surface area contributed by atoms with Crippen LogP contribution in [0.15, 0.2) is 24.3 Å². The zero-order valence-corrected chi connectivity index (χ0v) is 13.5. The van der Waals surface area contributed by atoms with Crippen LogP contribution in [0.25, 0.3) is 0 Å². The van der Waals surface area contributed by atoms with E-state index < -0.39 is 0 Å². The number of nitrogens with zero attached hydrogens (tertiary/aromatic N) is 2. The minimum atomic E-state index is -0.139. The Hall–Kier alpha value is -0.970. The summed E-state index contributed by atoms with van der Waals surface area (Å²) < 4.78 is 13.1. The molecular formula is C17H28FN3. The lowest BCUT2D eigenvalue weighted by Gasteiger charge is -2.38. The summed E-state index contributed by atoms with van der Waals surface area (Å²) in [6, 6.07) is 7.96. The highest BCUT2D eigenvalue weighted by Gasteiger charge is 2.22. The first kappa shape index (κ1) is 16.4. The van der Waals surface area contributed by atoms with Gasteiger partial charge in [-0.05, 0) is 51.6 Å². The first-order chi connectivity index (χ1) is 10.0. The Morgan fingerprint density at radius 3 is 2.90 bits per heavy atom. The third-order valence-electron chi connectivity index (χ3n) is 4.44. The molecule has 0 saturated carbocycles. The van der Waals surface area contributed by atoms with Gasteiger partial charge in [-0.1, -0.05) is 12.1 Å². The van der Waals surface area contributed by atoms with Crippen molar-refractivity contribution in [1.82, 2.24) is 15.1 Å². The van der Waals surface area contributed by atoms with Crippen LogP contribution in [0.2, 0.25) is 0 Å². The van der Waals surface area contributed by atoms with Crippen molar-refractivity contribution in [2.24, 2.45) is 0 Å². The van der Waals surface area contributed by atoms with Gasteiger partial charge in [0.2, 0.25) is 0 Å². The molecule has 0 bridgehead atoms. The molecule has 4 heteroatoms. The van der Waals surface area contributed by atoms with Gasteiger partial charge in [0.25, 0.3) is 0 Å². The Kier molecular flexibility index (Phi) is 6.15. The fraction of sp³-hybridized carbons (Fsp3) is 0.647. The Morgan fingerprint density at radius 1 is 1.33 bits per heavy atom. The van der Waals surface area contributed by atoms with Gasteiger partial charge in [-0.25, -0.2) is 4.39 Å². The van der Waals surface area contributed by atoms with E-state index in [1.165, 1.54) is 6.07 Å². The van der Waals surface area contributed by atoms with E-state index in [9.17, 15) is 4.39 Å². The number of rotatable bonds is 6. The molecule has 1 aromatic rings. The maximum atomic E-state index is 13.1. The van der Waals surface area contributed by atoms with Gasteiger partial charge >= 0.3 is 0 Å². The second kappa shape index (κ2) is 7.87. The third-order valence-corrected chi connectivity index (χ3v) is 4.44. The van der Waals surface area contributed by atoms with Gasteiger partial charge in [-0.2, -0.15) is 0 Å². The number of halogens is 1. The second-order valence-electron chi connectivity index (χ2n) is 6.37. The molecule has 2 rings (SSSR count). The van der Waals surface area contributed by atoms with E-state index in [0.717, 1.165) is 44.6 Å². The molecule has 1 heterocycles. The molecule has 2 unspecified atom stereocenters. The molecule has 2 atom stereocenters. The lowest BCUT2D eigenvalue weighted by Crippen LogP contribution is -2.54. The van der Waals surface area contributed by atoms with Crippen LogP contribution < -0.4 is 5.32 Å². The van der Waals surface area contributed by atoms with Crippen molar-refractivity contribution in [1.29, 1.82) is 0 Å². The topological polar surface area (TPSA) is 18.5 Å². The van der Waals surface area contributed by atoms with Crippen molar-refractivity contribution in [3.05, 3.63) is 35.6 Å². The number of likely N-dealkylation sites (N-methyl/N-ethyl adjacent to an activating group) is 2. The van der Waals surface area contributed by atoms with Gasteiger partial charge in [0, 0.05) is 38.3 Å². The third kappa shape index (κ3) is 5.38. The van der Waals surface area contributed by atoms with Crippen LogP contribution in [-0.4, -0.2) is 62.2 Å². The highest BCUT2D eigenvalue weighted by molar-refractivity contribution is 5.16. The fourth-order valence-electron chi connectivity index (χ4n) is 2.84. The molecule has 0 aliphatic carbocycles. The summed E-state index contributed by atoms with van der Waals surface area (Å²) in [6.45, 7) is 6.65. The Morgan fingerprint density at radius 2 is 2.14 bits per heavy atom. The molecular weight excluding hydrogens is 265 g/mol. The van der Waals surface area contributed by atoms with Gasteiger partial charge in [-0.3, -0.25) is 4.90 Å². The molecule has 3 nitrogen and oxygen atoms in total. The number of nitrogens with one attached hydrogen (secondary N) is 1. The van der Waals surface area contributed by atoms with Gasteiger partial charge < -0.3 is 10.2 Å².